The number of halogens is 3. The molecule has 0 amide bonds. The lowest BCUT2D eigenvalue weighted by atomic mass is 10.3. The predicted molar refractivity (Wildman–Crippen MR) is 80.0 cm³/mol. The Balaban J connectivity index is 2.37. The summed E-state index contributed by atoms with van der Waals surface area (Å²) in [4.78, 5) is 8.09. The fourth-order valence-corrected chi connectivity index (χ4v) is 2.24. The summed E-state index contributed by atoms with van der Waals surface area (Å²) in [5, 5.41) is 3.74. The van der Waals surface area contributed by atoms with Crippen LogP contribution in [0.25, 0.3) is 0 Å². The Morgan fingerprint density at radius 1 is 1.11 bits per heavy atom. The smallest absolute Gasteiger partial charge is 0.159 e. The maximum absolute atomic E-state index is 6.01. The Morgan fingerprint density at radius 2 is 1.83 bits per heavy atom. The molecule has 4 N–H and O–H groups in total. The molecule has 8 heteroatoms. The van der Waals surface area contributed by atoms with Crippen LogP contribution >= 0.6 is 43.5 Å². The second-order valence-electron chi connectivity index (χ2n) is 3.26. The van der Waals surface area contributed by atoms with Gasteiger partial charge in [0.1, 0.15) is 16.6 Å². The number of nitrogens with zero attached hydrogens (tertiary/aromatic N) is 2. The number of benzene rings is 1. The average molecular weight is 393 g/mol. The number of nitrogen functional groups attached to an aromatic ring is 1. The zero-order valence-electron chi connectivity index (χ0n) is 8.92. The molecule has 18 heavy (non-hydrogen) atoms. The quantitative estimate of drug-likeness (QED) is 0.548. The van der Waals surface area contributed by atoms with Crippen LogP contribution in [-0.4, -0.2) is 9.97 Å². The summed E-state index contributed by atoms with van der Waals surface area (Å²) in [6, 6.07) is 5.51. The number of aromatic nitrogens is 2. The third-order valence-corrected chi connectivity index (χ3v) is 4.28. The van der Waals surface area contributed by atoms with E-state index in [1.54, 1.807) is 6.07 Å². The van der Waals surface area contributed by atoms with E-state index in [0.29, 0.717) is 21.1 Å². The summed E-state index contributed by atoms with van der Waals surface area (Å²) in [6.07, 6.45) is 1.40. The van der Waals surface area contributed by atoms with Gasteiger partial charge >= 0.3 is 0 Å². The summed E-state index contributed by atoms with van der Waals surface area (Å²) < 4.78 is 1.40. The van der Waals surface area contributed by atoms with Crippen LogP contribution < -0.4 is 16.6 Å². The molecule has 1 heterocycles. The van der Waals surface area contributed by atoms with Gasteiger partial charge < -0.3 is 10.7 Å². The van der Waals surface area contributed by atoms with E-state index in [1.165, 1.54) is 6.33 Å². The Labute approximate surface area is 125 Å². The minimum atomic E-state index is 0.491. The molecule has 0 bridgehead atoms. The average Bonchev–Trinajstić information content (AvgIpc) is 2.37. The van der Waals surface area contributed by atoms with Crippen molar-refractivity contribution in [3.63, 3.8) is 0 Å². The van der Waals surface area contributed by atoms with E-state index in [4.69, 9.17) is 17.4 Å². The van der Waals surface area contributed by atoms with E-state index < -0.39 is 0 Å². The Hall–Kier alpha value is -0.890. The molecule has 0 aliphatic heterocycles. The van der Waals surface area contributed by atoms with E-state index in [-0.39, 0.29) is 0 Å². The van der Waals surface area contributed by atoms with Crippen molar-refractivity contribution in [1.29, 1.82) is 0 Å². The molecule has 0 atom stereocenters. The van der Waals surface area contributed by atoms with Gasteiger partial charge in [0.25, 0.3) is 0 Å². The van der Waals surface area contributed by atoms with E-state index in [1.807, 2.05) is 12.1 Å². The van der Waals surface area contributed by atoms with E-state index in [9.17, 15) is 0 Å². The third-order valence-electron chi connectivity index (χ3n) is 2.13. The topological polar surface area (TPSA) is 75.9 Å². The van der Waals surface area contributed by atoms with Crippen molar-refractivity contribution in [1.82, 2.24) is 9.97 Å². The molecule has 1 aromatic carbocycles. The zero-order valence-corrected chi connectivity index (χ0v) is 12.8. The largest absolute Gasteiger partial charge is 0.338 e. The van der Waals surface area contributed by atoms with Crippen LogP contribution in [0.4, 0.5) is 17.3 Å². The summed E-state index contributed by atoms with van der Waals surface area (Å²) in [6.45, 7) is 0. The standard InChI is InChI=1S/C10H8Br2ClN5/c11-7-5(13)2-1-3-6(7)17-9-8(12)10(18-14)16-4-15-9/h1-4H,14H2,(H2,15,16,17,18). The van der Waals surface area contributed by atoms with E-state index in [2.05, 4.69) is 52.6 Å². The van der Waals surface area contributed by atoms with Gasteiger partial charge in [-0.25, -0.2) is 15.8 Å². The van der Waals surface area contributed by atoms with Crippen LogP contribution in [0.3, 0.4) is 0 Å². The van der Waals surface area contributed by atoms with E-state index >= 15 is 0 Å². The van der Waals surface area contributed by atoms with Crippen molar-refractivity contribution < 1.29 is 0 Å². The molecule has 0 fully saturated rings. The number of hydrazine groups is 1. The number of nitrogens with one attached hydrogen (secondary N) is 2. The number of hydrogen-bond donors (Lipinski definition) is 3. The first-order valence-electron chi connectivity index (χ1n) is 4.81. The molecule has 0 spiro atoms. The molecule has 5 nitrogen and oxygen atoms in total. The van der Waals surface area contributed by atoms with Crippen molar-refractivity contribution in [2.75, 3.05) is 10.7 Å². The molecule has 94 valence electrons. The second kappa shape index (κ2) is 5.83. The van der Waals surface area contributed by atoms with Crippen LogP contribution in [0.15, 0.2) is 33.5 Å². The summed E-state index contributed by atoms with van der Waals surface area (Å²) in [5.74, 6) is 6.41. The zero-order chi connectivity index (χ0) is 13.1. The molecule has 0 aliphatic rings. The van der Waals surface area contributed by atoms with Crippen LogP contribution in [0.5, 0.6) is 0 Å². The molecule has 0 aliphatic carbocycles. The number of hydrogen-bond acceptors (Lipinski definition) is 5. The fraction of sp³-hybridized carbons (Fsp3) is 0. The summed E-state index contributed by atoms with van der Waals surface area (Å²) >= 11 is 12.8. The first kappa shape index (κ1) is 13.5. The van der Waals surface area contributed by atoms with Gasteiger partial charge in [-0.3, -0.25) is 0 Å². The minimum absolute atomic E-state index is 0.491. The molecule has 2 aromatic rings. The molecule has 0 radical (unpaired) electrons. The minimum Gasteiger partial charge on any atom is -0.338 e. The molecule has 0 saturated carbocycles. The monoisotopic (exact) mass is 391 g/mol. The Kier molecular flexibility index (Phi) is 4.39. The molecule has 0 unspecified atom stereocenters. The van der Waals surface area contributed by atoms with Crippen LogP contribution in [0.1, 0.15) is 0 Å². The van der Waals surface area contributed by atoms with Gasteiger partial charge in [-0.2, -0.15) is 0 Å². The van der Waals surface area contributed by atoms with Crippen molar-refractivity contribution in [2.24, 2.45) is 5.84 Å². The highest BCUT2D eigenvalue weighted by Gasteiger charge is 2.10. The fourth-order valence-electron chi connectivity index (χ4n) is 1.29. The Bertz CT molecular complexity index is 578. The number of rotatable bonds is 3. The van der Waals surface area contributed by atoms with Gasteiger partial charge in [-0.1, -0.05) is 17.7 Å². The van der Waals surface area contributed by atoms with Gasteiger partial charge in [0, 0.05) is 0 Å². The van der Waals surface area contributed by atoms with Crippen LogP contribution in [-0.2, 0) is 0 Å². The van der Waals surface area contributed by atoms with Gasteiger partial charge in [-0.05, 0) is 44.0 Å². The summed E-state index contributed by atoms with van der Waals surface area (Å²) in [5.41, 5.74) is 3.27. The SMILES string of the molecule is NNc1ncnc(Nc2cccc(Cl)c2Br)c1Br. The lowest BCUT2D eigenvalue weighted by molar-refractivity contribution is 1.12. The molecule has 2 rings (SSSR count). The number of nitrogens with two attached hydrogens (primary N) is 1. The van der Waals surface area contributed by atoms with Crippen LogP contribution in [0, 0.1) is 0 Å². The van der Waals surface area contributed by atoms with Gasteiger partial charge in [0.2, 0.25) is 0 Å². The number of anilines is 3. The molecule has 0 saturated heterocycles. The molecule has 1 aromatic heterocycles. The predicted octanol–water partition coefficient (Wildman–Crippen LogP) is 3.68. The normalized spacial score (nSPS) is 10.2. The lowest BCUT2D eigenvalue weighted by Crippen LogP contribution is -2.10. The first-order valence-corrected chi connectivity index (χ1v) is 6.78. The van der Waals surface area contributed by atoms with Gasteiger partial charge in [0.15, 0.2) is 5.82 Å². The lowest BCUT2D eigenvalue weighted by Gasteiger charge is -2.11. The second-order valence-corrected chi connectivity index (χ2v) is 5.25. The van der Waals surface area contributed by atoms with Crippen molar-refractivity contribution >= 4 is 60.8 Å². The highest BCUT2D eigenvalue weighted by molar-refractivity contribution is 9.11. The highest BCUT2D eigenvalue weighted by atomic mass is 79.9. The maximum atomic E-state index is 6.01. The van der Waals surface area contributed by atoms with Crippen molar-refractivity contribution in [2.45, 2.75) is 0 Å². The van der Waals surface area contributed by atoms with E-state index in [0.717, 1.165) is 10.2 Å². The van der Waals surface area contributed by atoms with Crippen LogP contribution in [0.2, 0.25) is 5.02 Å². The molecular weight excluding hydrogens is 385 g/mol. The maximum Gasteiger partial charge on any atom is 0.159 e. The third kappa shape index (κ3) is 2.74. The Morgan fingerprint density at radius 3 is 2.56 bits per heavy atom. The first-order chi connectivity index (χ1) is 8.63. The van der Waals surface area contributed by atoms with Crippen molar-refractivity contribution in [3.8, 4) is 0 Å². The van der Waals surface area contributed by atoms with Gasteiger partial charge in [-0.15, -0.1) is 0 Å². The van der Waals surface area contributed by atoms with Gasteiger partial charge in [0.05, 0.1) is 15.2 Å². The molecular formula is C10H8Br2ClN5. The highest BCUT2D eigenvalue weighted by Crippen LogP contribution is 2.34. The summed E-state index contributed by atoms with van der Waals surface area (Å²) in [7, 11) is 0. The van der Waals surface area contributed by atoms with Crippen molar-refractivity contribution in [3.05, 3.63) is 38.5 Å².